The van der Waals surface area contributed by atoms with Crippen LogP contribution < -0.4 is 0 Å². The summed E-state index contributed by atoms with van der Waals surface area (Å²) >= 11 is 0. The van der Waals surface area contributed by atoms with Gasteiger partial charge in [-0.3, -0.25) is 0 Å². The Bertz CT molecular complexity index is 409. The summed E-state index contributed by atoms with van der Waals surface area (Å²) in [6, 6.07) is 0. The van der Waals surface area contributed by atoms with Gasteiger partial charge in [-0.05, 0) is 25.3 Å². The van der Waals surface area contributed by atoms with Crippen molar-refractivity contribution in [2.45, 2.75) is 19.3 Å². The zero-order chi connectivity index (χ0) is 13.2. The number of oxazole rings is 1. The lowest BCUT2D eigenvalue weighted by molar-refractivity contribution is 0.0543. The highest BCUT2D eigenvalue weighted by molar-refractivity contribution is 5.87. The third-order valence-corrected chi connectivity index (χ3v) is 2.10. The van der Waals surface area contributed by atoms with Crippen molar-refractivity contribution in [1.29, 1.82) is 0 Å². The zero-order valence-corrected chi connectivity index (χ0v) is 10.2. The SMILES string of the molecule is C=CCOC(=O)c1coc(/C=C/CCCCO)n1. The minimum absolute atomic E-state index is 0.145. The van der Waals surface area contributed by atoms with Crippen molar-refractivity contribution in [1.82, 2.24) is 4.98 Å². The van der Waals surface area contributed by atoms with E-state index in [-0.39, 0.29) is 18.9 Å². The van der Waals surface area contributed by atoms with Gasteiger partial charge < -0.3 is 14.3 Å². The highest BCUT2D eigenvalue weighted by atomic mass is 16.5. The topological polar surface area (TPSA) is 72.6 Å². The van der Waals surface area contributed by atoms with Crippen LogP contribution in [-0.2, 0) is 4.74 Å². The van der Waals surface area contributed by atoms with Gasteiger partial charge in [0.25, 0.3) is 0 Å². The van der Waals surface area contributed by atoms with E-state index in [1.807, 2.05) is 6.08 Å². The molecule has 5 nitrogen and oxygen atoms in total. The quantitative estimate of drug-likeness (QED) is 0.435. The van der Waals surface area contributed by atoms with Gasteiger partial charge >= 0.3 is 5.97 Å². The summed E-state index contributed by atoms with van der Waals surface area (Å²) in [5, 5.41) is 8.60. The monoisotopic (exact) mass is 251 g/mol. The number of allylic oxidation sites excluding steroid dienone is 1. The number of unbranched alkanes of at least 4 members (excludes halogenated alkanes) is 2. The second-order valence-corrected chi connectivity index (χ2v) is 3.58. The van der Waals surface area contributed by atoms with Crippen LogP contribution in [0, 0.1) is 0 Å². The Hall–Kier alpha value is -1.88. The van der Waals surface area contributed by atoms with E-state index in [1.165, 1.54) is 12.3 Å². The lowest BCUT2D eigenvalue weighted by Gasteiger charge is -1.95. The second kappa shape index (κ2) is 8.25. The first-order valence-electron chi connectivity index (χ1n) is 5.79. The van der Waals surface area contributed by atoms with E-state index in [4.69, 9.17) is 14.3 Å². The van der Waals surface area contributed by atoms with Crippen molar-refractivity contribution in [3.63, 3.8) is 0 Å². The molecule has 0 unspecified atom stereocenters. The van der Waals surface area contributed by atoms with Crippen LogP contribution >= 0.6 is 0 Å². The van der Waals surface area contributed by atoms with Gasteiger partial charge in [0.15, 0.2) is 5.69 Å². The molecule has 1 heterocycles. The average Bonchev–Trinajstić information content (AvgIpc) is 2.84. The molecule has 5 heteroatoms. The molecule has 0 atom stereocenters. The van der Waals surface area contributed by atoms with Crippen molar-refractivity contribution in [3.05, 3.63) is 36.6 Å². The summed E-state index contributed by atoms with van der Waals surface area (Å²) in [7, 11) is 0. The average molecular weight is 251 g/mol. The van der Waals surface area contributed by atoms with E-state index in [0.29, 0.717) is 5.89 Å². The summed E-state index contributed by atoms with van der Waals surface area (Å²) < 4.78 is 9.92. The Labute approximate surface area is 106 Å². The summed E-state index contributed by atoms with van der Waals surface area (Å²) in [6.07, 6.45) is 8.84. The third-order valence-electron chi connectivity index (χ3n) is 2.10. The molecule has 0 saturated heterocycles. The van der Waals surface area contributed by atoms with Crippen LogP contribution in [0.25, 0.3) is 6.08 Å². The lowest BCUT2D eigenvalue weighted by atomic mass is 10.2. The van der Waals surface area contributed by atoms with Gasteiger partial charge in [-0.15, -0.1) is 0 Å². The number of ether oxygens (including phenoxy) is 1. The van der Waals surface area contributed by atoms with Gasteiger partial charge in [-0.1, -0.05) is 18.7 Å². The van der Waals surface area contributed by atoms with Crippen LogP contribution in [0.3, 0.4) is 0 Å². The Morgan fingerprint density at radius 2 is 2.39 bits per heavy atom. The Kier molecular flexibility index (Phi) is 6.50. The van der Waals surface area contributed by atoms with Gasteiger partial charge in [-0.25, -0.2) is 9.78 Å². The molecule has 0 bridgehead atoms. The number of carbonyl (C=O) groups excluding carboxylic acids is 1. The molecule has 18 heavy (non-hydrogen) atoms. The molecule has 0 radical (unpaired) electrons. The molecule has 0 aliphatic heterocycles. The number of nitrogens with zero attached hydrogens (tertiary/aromatic N) is 1. The number of carbonyl (C=O) groups is 1. The van der Waals surface area contributed by atoms with E-state index < -0.39 is 5.97 Å². The number of hydrogen-bond donors (Lipinski definition) is 1. The molecule has 1 rings (SSSR count). The lowest BCUT2D eigenvalue weighted by Crippen LogP contribution is -2.05. The Balaban J connectivity index is 2.42. The van der Waals surface area contributed by atoms with Crippen LogP contribution in [0.2, 0.25) is 0 Å². The minimum atomic E-state index is -0.529. The molecule has 1 aromatic heterocycles. The summed E-state index contributed by atoms with van der Waals surface area (Å²) in [4.78, 5) is 15.4. The summed E-state index contributed by atoms with van der Waals surface area (Å²) in [6.45, 7) is 3.80. The first-order chi connectivity index (χ1) is 8.77. The number of hydrogen-bond acceptors (Lipinski definition) is 5. The number of aromatic nitrogens is 1. The Morgan fingerprint density at radius 3 is 3.11 bits per heavy atom. The molecule has 0 aliphatic carbocycles. The maximum atomic E-state index is 11.4. The Morgan fingerprint density at radius 1 is 1.56 bits per heavy atom. The molecule has 0 fully saturated rings. The van der Waals surface area contributed by atoms with Crippen molar-refractivity contribution in [3.8, 4) is 0 Å². The molecular weight excluding hydrogens is 234 g/mol. The summed E-state index contributed by atoms with van der Waals surface area (Å²) in [5.41, 5.74) is 0.145. The molecule has 0 saturated carbocycles. The molecule has 1 N–H and O–H groups in total. The van der Waals surface area contributed by atoms with E-state index in [9.17, 15) is 4.79 Å². The third kappa shape index (κ3) is 4.97. The van der Waals surface area contributed by atoms with Gasteiger partial charge in [0.05, 0.1) is 0 Å². The van der Waals surface area contributed by atoms with Crippen LogP contribution in [0.5, 0.6) is 0 Å². The minimum Gasteiger partial charge on any atom is -0.457 e. The number of aliphatic hydroxyl groups is 1. The zero-order valence-electron chi connectivity index (χ0n) is 10.2. The molecule has 0 aromatic carbocycles. The first kappa shape index (κ1) is 14.2. The van der Waals surface area contributed by atoms with Gasteiger partial charge in [0, 0.05) is 6.61 Å². The van der Waals surface area contributed by atoms with Crippen LogP contribution in [0.4, 0.5) is 0 Å². The highest BCUT2D eigenvalue weighted by Gasteiger charge is 2.11. The maximum absolute atomic E-state index is 11.4. The number of rotatable bonds is 8. The van der Waals surface area contributed by atoms with E-state index >= 15 is 0 Å². The standard InChI is InChI=1S/C13H17NO4/c1-2-9-17-13(16)11-10-18-12(14-11)7-5-3-4-6-8-15/h2,5,7,10,15H,1,3-4,6,8-9H2/b7-5+. The van der Waals surface area contributed by atoms with Crippen LogP contribution in [-0.4, -0.2) is 29.3 Å². The van der Waals surface area contributed by atoms with Crippen molar-refractivity contribution < 1.29 is 19.1 Å². The second-order valence-electron chi connectivity index (χ2n) is 3.58. The van der Waals surface area contributed by atoms with Gasteiger partial charge in [0.2, 0.25) is 5.89 Å². The van der Waals surface area contributed by atoms with E-state index in [2.05, 4.69) is 11.6 Å². The van der Waals surface area contributed by atoms with Crippen molar-refractivity contribution in [2.24, 2.45) is 0 Å². The highest BCUT2D eigenvalue weighted by Crippen LogP contribution is 2.07. The molecule has 0 aliphatic rings. The molecular formula is C13H17NO4. The normalized spacial score (nSPS) is 10.7. The summed E-state index contributed by atoms with van der Waals surface area (Å²) in [5.74, 6) is -0.164. The van der Waals surface area contributed by atoms with Crippen LogP contribution in [0.1, 0.15) is 35.6 Å². The molecule has 0 spiro atoms. The molecule has 98 valence electrons. The van der Waals surface area contributed by atoms with Crippen molar-refractivity contribution >= 4 is 12.0 Å². The molecule has 1 aromatic rings. The largest absolute Gasteiger partial charge is 0.457 e. The number of esters is 1. The smallest absolute Gasteiger partial charge is 0.360 e. The predicted molar refractivity (Wildman–Crippen MR) is 67.0 cm³/mol. The van der Waals surface area contributed by atoms with Crippen LogP contribution in [0.15, 0.2) is 29.4 Å². The van der Waals surface area contributed by atoms with Gasteiger partial charge in [0.1, 0.15) is 12.9 Å². The van der Waals surface area contributed by atoms with Gasteiger partial charge in [-0.2, -0.15) is 0 Å². The fourth-order valence-corrected chi connectivity index (χ4v) is 1.22. The first-order valence-corrected chi connectivity index (χ1v) is 5.79. The maximum Gasteiger partial charge on any atom is 0.360 e. The molecule has 0 amide bonds. The predicted octanol–water partition coefficient (Wildman–Crippen LogP) is 2.19. The fraction of sp³-hybridized carbons (Fsp3) is 0.385. The number of aliphatic hydroxyl groups excluding tert-OH is 1. The van der Waals surface area contributed by atoms with E-state index in [0.717, 1.165) is 19.3 Å². The van der Waals surface area contributed by atoms with E-state index in [1.54, 1.807) is 6.08 Å². The fourth-order valence-electron chi connectivity index (χ4n) is 1.22. The van der Waals surface area contributed by atoms with Crippen molar-refractivity contribution in [2.75, 3.05) is 13.2 Å².